The van der Waals surface area contributed by atoms with Crippen molar-refractivity contribution in [2.24, 2.45) is 0 Å². The number of carbonyl (C=O) groups is 2. The minimum Gasteiger partial charge on any atom is -0.321 e. The third kappa shape index (κ3) is 3.04. The quantitative estimate of drug-likeness (QED) is 0.881. The van der Waals surface area contributed by atoms with Gasteiger partial charge in [0.05, 0.1) is 23.2 Å². The van der Waals surface area contributed by atoms with Gasteiger partial charge in [-0.2, -0.15) is 0 Å². The summed E-state index contributed by atoms with van der Waals surface area (Å²) in [7, 11) is 2.92. The molecule has 0 unspecified atom stereocenters. The van der Waals surface area contributed by atoms with Gasteiger partial charge in [-0.05, 0) is 23.6 Å². The molecule has 104 valence electrons. The molecule has 2 rings (SSSR count). The zero-order chi connectivity index (χ0) is 14.5. The molecular weight excluding hydrogens is 276 g/mol. The van der Waals surface area contributed by atoms with Gasteiger partial charge in [0.2, 0.25) is 0 Å². The van der Waals surface area contributed by atoms with Crippen LogP contribution in [0.5, 0.6) is 0 Å². The summed E-state index contributed by atoms with van der Waals surface area (Å²) in [5.41, 5.74) is 0.835. The van der Waals surface area contributed by atoms with E-state index in [0.717, 1.165) is 5.06 Å². The van der Waals surface area contributed by atoms with Crippen molar-refractivity contribution in [1.82, 2.24) is 5.06 Å². The molecule has 0 saturated heterocycles. The van der Waals surface area contributed by atoms with E-state index in [2.05, 4.69) is 5.32 Å². The van der Waals surface area contributed by atoms with Gasteiger partial charge in [0, 0.05) is 7.05 Å². The Hall–Kier alpha value is -2.18. The highest BCUT2D eigenvalue weighted by Gasteiger charge is 2.17. The Morgan fingerprint density at radius 1 is 1.20 bits per heavy atom. The lowest BCUT2D eigenvalue weighted by molar-refractivity contribution is -0.0756. The van der Waals surface area contributed by atoms with Gasteiger partial charge in [0.25, 0.3) is 11.8 Å². The minimum absolute atomic E-state index is 0.236. The van der Waals surface area contributed by atoms with Crippen LogP contribution in [0.25, 0.3) is 0 Å². The summed E-state index contributed by atoms with van der Waals surface area (Å²) in [5.74, 6) is -0.560. The average Bonchev–Trinajstić information content (AvgIpc) is 3.00. The molecular formula is C14H14N2O3S. The van der Waals surface area contributed by atoms with E-state index < -0.39 is 0 Å². The second-order valence-electron chi connectivity index (χ2n) is 3.96. The maximum atomic E-state index is 12.1. The monoisotopic (exact) mass is 290 g/mol. The number of para-hydroxylation sites is 1. The van der Waals surface area contributed by atoms with Crippen molar-refractivity contribution in [1.29, 1.82) is 0 Å². The van der Waals surface area contributed by atoms with Crippen LogP contribution in [0, 0.1) is 0 Å². The predicted octanol–water partition coefficient (Wildman–Crippen LogP) is 2.63. The van der Waals surface area contributed by atoms with E-state index >= 15 is 0 Å². The maximum absolute atomic E-state index is 12.1. The van der Waals surface area contributed by atoms with E-state index in [1.54, 1.807) is 36.4 Å². The molecule has 0 spiro atoms. The highest BCUT2D eigenvalue weighted by molar-refractivity contribution is 7.12. The van der Waals surface area contributed by atoms with Crippen LogP contribution < -0.4 is 5.32 Å². The summed E-state index contributed by atoms with van der Waals surface area (Å²) in [6.45, 7) is 0. The number of carbonyl (C=O) groups excluding carboxylic acids is 2. The van der Waals surface area contributed by atoms with E-state index in [4.69, 9.17) is 4.84 Å². The summed E-state index contributed by atoms with van der Waals surface area (Å²) >= 11 is 1.34. The van der Waals surface area contributed by atoms with E-state index in [1.165, 1.54) is 25.5 Å². The van der Waals surface area contributed by atoms with Crippen molar-refractivity contribution in [3.8, 4) is 0 Å². The molecule has 0 aliphatic carbocycles. The highest BCUT2D eigenvalue weighted by atomic mass is 32.1. The zero-order valence-electron chi connectivity index (χ0n) is 11.1. The summed E-state index contributed by atoms with van der Waals surface area (Å²) in [6, 6.07) is 10.3. The molecule has 0 aliphatic heterocycles. The third-order valence-electron chi connectivity index (χ3n) is 2.71. The van der Waals surface area contributed by atoms with E-state index in [0.29, 0.717) is 16.1 Å². The topological polar surface area (TPSA) is 58.6 Å². The Balaban J connectivity index is 2.24. The lowest BCUT2D eigenvalue weighted by Crippen LogP contribution is -2.26. The normalized spacial score (nSPS) is 10.1. The molecule has 2 aromatic rings. The standard InChI is InChI=1S/C14H14N2O3S/c1-16(19-2)14(18)10-6-3-4-7-11(10)15-13(17)12-8-5-9-20-12/h3-9H,1-2H3,(H,15,17). The SMILES string of the molecule is CON(C)C(=O)c1ccccc1NC(=O)c1cccs1. The predicted molar refractivity (Wildman–Crippen MR) is 77.8 cm³/mol. The van der Waals surface area contributed by atoms with Crippen LogP contribution in [0.1, 0.15) is 20.0 Å². The van der Waals surface area contributed by atoms with Crippen LogP contribution in [0.3, 0.4) is 0 Å². The number of rotatable bonds is 4. The van der Waals surface area contributed by atoms with Crippen molar-refractivity contribution in [3.05, 3.63) is 52.2 Å². The van der Waals surface area contributed by atoms with Gasteiger partial charge >= 0.3 is 0 Å². The first kappa shape index (κ1) is 14.2. The largest absolute Gasteiger partial charge is 0.321 e. The summed E-state index contributed by atoms with van der Waals surface area (Å²) in [5, 5.41) is 5.67. The Kier molecular flexibility index (Phi) is 4.49. The van der Waals surface area contributed by atoms with Gasteiger partial charge in [0.15, 0.2) is 0 Å². The van der Waals surface area contributed by atoms with Crippen LogP contribution in [-0.2, 0) is 4.84 Å². The molecule has 1 N–H and O–H groups in total. The Labute approximate surface area is 120 Å². The first-order valence-electron chi connectivity index (χ1n) is 5.89. The number of hydrogen-bond acceptors (Lipinski definition) is 4. The fraction of sp³-hybridized carbons (Fsp3) is 0.143. The van der Waals surface area contributed by atoms with Gasteiger partial charge < -0.3 is 5.32 Å². The van der Waals surface area contributed by atoms with Gasteiger partial charge in [-0.25, -0.2) is 5.06 Å². The van der Waals surface area contributed by atoms with E-state index in [1.807, 2.05) is 5.38 Å². The smallest absolute Gasteiger partial charge is 0.279 e. The first-order valence-corrected chi connectivity index (χ1v) is 6.77. The molecule has 20 heavy (non-hydrogen) atoms. The van der Waals surface area contributed by atoms with Gasteiger partial charge in [-0.3, -0.25) is 14.4 Å². The Morgan fingerprint density at radius 2 is 1.95 bits per heavy atom. The van der Waals surface area contributed by atoms with Crippen molar-refractivity contribution in [2.45, 2.75) is 0 Å². The van der Waals surface area contributed by atoms with Gasteiger partial charge in [0.1, 0.15) is 0 Å². The highest BCUT2D eigenvalue weighted by Crippen LogP contribution is 2.19. The molecule has 0 bridgehead atoms. The number of benzene rings is 1. The number of hydroxylamine groups is 2. The molecule has 0 atom stereocenters. The van der Waals surface area contributed by atoms with Crippen molar-refractivity contribution in [2.75, 3.05) is 19.5 Å². The average molecular weight is 290 g/mol. The molecule has 1 heterocycles. The van der Waals surface area contributed by atoms with Crippen LogP contribution >= 0.6 is 11.3 Å². The fourth-order valence-corrected chi connectivity index (χ4v) is 2.24. The number of nitrogens with one attached hydrogen (secondary N) is 1. The minimum atomic E-state index is -0.324. The number of amides is 2. The second kappa shape index (κ2) is 6.31. The summed E-state index contributed by atoms with van der Waals surface area (Å²) in [6.07, 6.45) is 0. The number of anilines is 1. The van der Waals surface area contributed by atoms with E-state index in [-0.39, 0.29) is 11.8 Å². The van der Waals surface area contributed by atoms with Crippen molar-refractivity contribution >= 4 is 28.8 Å². The van der Waals surface area contributed by atoms with Crippen LogP contribution in [0.2, 0.25) is 0 Å². The molecule has 1 aromatic heterocycles. The van der Waals surface area contributed by atoms with Crippen LogP contribution in [-0.4, -0.2) is 31.0 Å². The summed E-state index contributed by atoms with van der Waals surface area (Å²) in [4.78, 5) is 29.6. The third-order valence-corrected chi connectivity index (χ3v) is 3.58. The first-order chi connectivity index (χ1) is 9.63. The number of hydrogen-bond donors (Lipinski definition) is 1. The number of nitrogens with zero attached hydrogens (tertiary/aromatic N) is 1. The maximum Gasteiger partial charge on any atom is 0.279 e. The van der Waals surface area contributed by atoms with Crippen LogP contribution in [0.4, 0.5) is 5.69 Å². The van der Waals surface area contributed by atoms with Crippen molar-refractivity contribution < 1.29 is 14.4 Å². The van der Waals surface area contributed by atoms with Crippen molar-refractivity contribution in [3.63, 3.8) is 0 Å². The molecule has 0 radical (unpaired) electrons. The van der Waals surface area contributed by atoms with E-state index in [9.17, 15) is 9.59 Å². The number of thiophene rings is 1. The molecule has 6 heteroatoms. The Bertz CT molecular complexity index is 611. The molecule has 2 amide bonds. The lowest BCUT2D eigenvalue weighted by Gasteiger charge is -2.16. The molecule has 0 saturated carbocycles. The summed E-state index contributed by atoms with van der Waals surface area (Å²) < 4.78 is 0. The zero-order valence-corrected chi connectivity index (χ0v) is 11.9. The molecule has 0 aliphatic rings. The molecule has 0 fully saturated rings. The molecule has 1 aromatic carbocycles. The second-order valence-corrected chi connectivity index (χ2v) is 4.91. The van der Waals surface area contributed by atoms with Crippen LogP contribution in [0.15, 0.2) is 41.8 Å². The lowest BCUT2D eigenvalue weighted by atomic mass is 10.1. The van der Waals surface area contributed by atoms with Gasteiger partial charge in [-0.15, -0.1) is 11.3 Å². The Morgan fingerprint density at radius 3 is 2.60 bits per heavy atom. The molecule has 5 nitrogen and oxygen atoms in total. The fourth-order valence-electron chi connectivity index (χ4n) is 1.62. The van der Waals surface area contributed by atoms with Gasteiger partial charge in [-0.1, -0.05) is 18.2 Å².